The summed E-state index contributed by atoms with van der Waals surface area (Å²) in [5.74, 6) is 0. The standard InChI is InChI=1S/C15H18N4O2S/c20-15(17-14-18-16-11-22-14)19-8-4-7-13(9-19)21-10-12-5-2-1-3-6-12/h1-3,5-6,11,13H,4,7-10H2,(H,17,18,20). The molecule has 1 atom stereocenters. The van der Waals surface area contributed by atoms with Crippen LogP contribution in [-0.2, 0) is 11.3 Å². The van der Waals surface area contributed by atoms with E-state index in [0.29, 0.717) is 18.3 Å². The summed E-state index contributed by atoms with van der Waals surface area (Å²) in [6.45, 7) is 1.94. The van der Waals surface area contributed by atoms with Gasteiger partial charge in [0, 0.05) is 13.1 Å². The Morgan fingerprint density at radius 3 is 3.05 bits per heavy atom. The van der Waals surface area contributed by atoms with Gasteiger partial charge in [0.05, 0.1) is 12.7 Å². The number of likely N-dealkylation sites (tertiary alicyclic amines) is 1. The molecule has 0 radical (unpaired) electrons. The summed E-state index contributed by atoms with van der Waals surface area (Å²) in [5.41, 5.74) is 2.75. The molecular formula is C15H18N4O2S. The van der Waals surface area contributed by atoms with Gasteiger partial charge in [0.25, 0.3) is 0 Å². The van der Waals surface area contributed by atoms with Crippen LogP contribution in [0.1, 0.15) is 18.4 Å². The number of hydrogen-bond donors (Lipinski definition) is 1. The van der Waals surface area contributed by atoms with Crippen molar-refractivity contribution in [3.63, 3.8) is 0 Å². The smallest absolute Gasteiger partial charge is 0.323 e. The number of ether oxygens (including phenoxy) is 1. The van der Waals surface area contributed by atoms with Crippen LogP contribution in [0.5, 0.6) is 0 Å². The molecule has 0 spiro atoms. The summed E-state index contributed by atoms with van der Waals surface area (Å²) in [4.78, 5) is 14.0. The van der Waals surface area contributed by atoms with Crippen molar-refractivity contribution < 1.29 is 9.53 Å². The zero-order chi connectivity index (χ0) is 15.2. The van der Waals surface area contributed by atoms with Crippen LogP contribution >= 0.6 is 11.3 Å². The molecule has 3 rings (SSSR count). The zero-order valence-electron chi connectivity index (χ0n) is 12.1. The van der Waals surface area contributed by atoms with Gasteiger partial charge in [0.2, 0.25) is 5.13 Å². The van der Waals surface area contributed by atoms with E-state index in [-0.39, 0.29) is 12.1 Å². The van der Waals surface area contributed by atoms with Crippen LogP contribution in [0.4, 0.5) is 9.93 Å². The number of piperidine rings is 1. The second-order valence-corrected chi connectivity index (χ2v) is 6.01. The third-order valence-electron chi connectivity index (χ3n) is 3.57. The SMILES string of the molecule is O=C(Nc1nncs1)N1CCCC(OCc2ccccc2)C1. The van der Waals surface area contributed by atoms with E-state index in [1.807, 2.05) is 30.3 Å². The normalized spacial score (nSPS) is 18.2. The van der Waals surface area contributed by atoms with Crippen molar-refractivity contribution in [3.8, 4) is 0 Å². The van der Waals surface area contributed by atoms with Gasteiger partial charge >= 0.3 is 6.03 Å². The maximum atomic E-state index is 12.2. The van der Waals surface area contributed by atoms with Gasteiger partial charge in [-0.1, -0.05) is 41.7 Å². The molecule has 2 amide bonds. The molecule has 1 unspecified atom stereocenters. The van der Waals surface area contributed by atoms with Crippen LogP contribution in [-0.4, -0.2) is 40.3 Å². The second-order valence-electron chi connectivity index (χ2n) is 5.18. The maximum Gasteiger partial charge on any atom is 0.323 e. The summed E-state index contributed by atoms with van der Waals surface area (Å²) >= 11 is 1.31. The van der Waals surface area contributed by atoms with Gasteiger partial charge < -0.3 is 9.64 Å². The van der Waals surface area contributed by atoms with E-state index in [1.165, 1.54) is 11.3 Å². The highest BCUT2D eigenvalue weighted by Crippen LogP contribution is 2.17. The number of aromatic nitrogens is 2. The molecule has 2 aromatic rings. The fourth-order valence-electron chi connectivity index (χ4n) is 2.45. The highest BCUT2D eigenvalue weighted by molar-refractivity contribution is 7.13. The average molecular weight is 318 g/mol. The molecule has 1 aliphatic heterocycles. The van der Waals surface area contributed by atoms with Crippen molar-refractivity contribution in [2.45, 2.75) is 25.6 Å². The molecule has 1 aromatic heterocycles. The molecule has 116 valence electrons. The molecule has 1 fully saturated rings. The zero-order valence-corrected chi connectivity index (χ0v) is 13.0. The van der Waals surface area contributed by atoms with Gasteiger partial charge in [0.1, 0.15) is 5.51 Å². The van der Waals surface area contributed by atoms with Crippen molar-refractivity contribution in [1.29, 1.82) is 0 Å². The fourth-order valence-corrected chi connectivity index (χ4v) is 2.88. The number of rotatable bonds is 4. The number of carbonyl (C=O) groups excluding carboxylic acids is 1. The highest BCUT2D eigenvalue weighted by atomic mass is 32.1. The van der Waals surface area contributed by atoms with Crippen LogP contribution < -0.4 is 5.32 Å². The number of nitrogens with one attached hydrogen (secondary N) is 1. The van der Waals surface area contributed by atoms with Gasteiger partial charge in [-0.05, 0) is 18.4 Å². The monoisotopic (exact) mass is 318 g/mol. The lowest BCUT2D eigenvalue weighted by Gasteiger charge is -2.32. The van der Waals surface area contributed by atoms with Gasteiger partial charge in [-0.25, -0.2) is 4.79 Å². The first-order chi connectivity index (χ1) is 10.8. The molecule has 7 heteroatoms. The van der Waals surface area contributed by atoms with Gasteiger partial charge in [-0.3, -0.25) is 5.32 Å². The third-order valence-corrected chi connectivity index (χ3v) is 4.17. The Hall–Kier alpha value is -1.99. The van der Waals surface area contributed by atoms with E-state index in [4.69, 9.17) is 4.74 Å². The quantitative estimate of drug-likeness (QED) is 0.941. The predicted octanol–water partition coefficient (Wildman–Crippen LogP) is 2.75. The van der Waals surface area contributed by atoms with Gasteiger partial charge in [-0.15, -0.1) is 10.2 Å². The number of hydrogen-bond acceptors (Lipinski definition) is 5. The lowest BCUT2D eigenvalue weighted by atomic mass is 10.1. The number of nitrogens with zero attached hydrogens (tertiary/aromatic N) is 3. The molecule has 1 aromatic carbocycles. The highest BCUT2D eigenvalue weighted by Gasteiger charge is 2.24. The van der Waals surface area contributed by atoms with E-state index in [9.17, 15) is 4.79 Å². The van der Waals surface area contributed by atoms with Crippen LogP contribution in [0.2, 0.25) is 0 Å². The summed E-state index contributed by atoms with van der Waals surface area (Å²) < 4.78 is 5.94. The minimum atomic E-state index is -0.134. The second kappa shape index (κ2) is 7.33. The third kappa shape index (κ3) is 4.02. The van der Waals surface area contributed by atoms with E-state index < -0.39 is 0 Å². The Bertz CT molecular complexity index is 591. The van der Waals surface area contributed by atoms with Gasteiger partial charge in [-0.2, -0.15) is 0 Å². The molecular weight excluding hydrogens is 300 g/mol. The first kappa shape index (κ1) is 14.9. The molecule has 0 bridgehead atoms. The van der Waals surface area contributed by atoms with Crippen LogP contribution in [0.15, 0.2) is 35.8 Å². The van der Waals surface area contributed by atoms with Crippen molar-refractivity contribution in [2.24, 2.45) is 0 Å². The summed E-state index contributed by atoms with van der Waals surface area (Å²) in [5, 5.41) is 10.8. The Morgan fingerprint density at radius 1 is 1.41 bits per heavy atom. The molecule has 1 N–H and O–H groups in total. The van der Waals surface area contributed by atoms with Crippen LogP contribution in [0.25, 0.3) is 0 Å². The molecule has 2 heterocycles. The fraction of sp³-hybridized carbons (Fsp3) is 0.400. The van der Waals surface area contributed by atoms with Crippen LogP contribution in [0, 0.1) is 0 Å². The Morgan fingerprint density at radius 2 is 2.27 bits per heavy atom. The van der Waals surface area contributed by atoms with Crippen molar-refractivity contribution in [3.05, 3.63) is 41.4 Å². The van der Waals surface area contributed by atoms with E-state index in [0.717, 1.165) is 24.9 Å². The van der Waals surface area contributed by atoms with Crippen molar-refractivity contribution in [2.75, 3.05) is 18.4 Å². The van der Waals surface area contributed by atoms with Crippen molar-refractivity contribution >= 4 is 22.5 Å². The summed E-state index contributed by atoms with van der Waals surface area (Å²) in [6, 6.07) is 9.95. The minimum absolute atomic E-state index is 0.0779. The lowest BCUT2D eigenvalue weighted by molar-refractivity contribution is 0.00102. The molecule has 1 saturated heterocycles. The first-order valence-corrected chi connectivity index (χ1v) is 8.17. The number of anilines is 1. The first-order valence-electron chi connectivity index (χ1n) is 7.29. The number of urea groups is 1. The molecule has 0 saturated carbocycles. The molecule has 6 nitrogen and oxygen atoms in total. The lowest BCUT2D eigenvalue weighted by Crippen LogP contribution is -2.45. The van der Waals surface area contributed by atoms with E-state index >= 15 is 0 Å². The minimum Gasteiger partial charge on any atom is -0.372 e. The van der Waals surface area contributed by atoms with E-state index in [1.54, 1.807) is 10.4 Å². The van der Waals surface area contributed by atoms with Gasteiger partial charge in [0.15, 0.2) is 0 Å². The molecule has 22 heavy (non-hydrogen) atoms. The topological polar surface area (TPSA) is 67.4 Å². The Balaban J connectivity index is 1.49. The predicted molar refractivity (Wildman–Crippen MR) is 84.8 cm³/mol. The molecule has 1 aliphatic rings. The number of amides is 2. The average Bonchev–Trinajstić information content (AvgIpc) is 3.07. The Kier molecular flexibility index (Phi) is 4.97. The summed E-state index contributed by atoms with van der Waals surface area (Å²) in [7, 11) is 0. The molecule has 0 aliphatic carbocycles. The number of benzene rings is 1. The number of carbonyl (C=O) groups is 1. The maximum absolute atomic E-state index is 12.2. The van der Waals surface area contributed by atoms with Crippen LogP contribution in [0.3, 0.4) is 0 Å². The largest absolute Gasteiger partial charge is 0.372 e. The van der Waals surface area contributed by atoms with E-state index in [2.05, 4.69) is 15.5 Å². The van der Waals surface area contributed by atoms with Crippen molar-refractivity contribution in [1.82, 2.24) is 15.1 Å². The Labute approximate surface area is 133 Å². The summed E-state index contributed by atoms with van der Waals surface area (Å²) in [6.07, 6.45) is 2.01.